The second kappa shape index (κ2) is 10.9. The Balaban J connectivity index is 0.00000106. The molecular weight excluding hydrogens is 505 g/mol. The number of pyridine rings is 1. The van der Waals surface area contributed by atoms with Crippen molar-refractivity contribution in [2.45, 2.75) is 0 Å². The summed E-state index contributed by atoms with van der Waals surface area (Å²) in [6, 6.07) is 15.6. The fraction of sp³-hybridized carbons (Fsp3) is 0.0714. The van der Waals surface area contributed by atoms with E-state index in [1.165, 1.54) is 11.8 Å². The molecule has 21 heavy (non-hydrogen) atoms. The van der Waals surface area contributed by atoms with Crippen LogP contribution in [0.3, 0.4) is 0 Å². The number of nitrogens with zero attached hydrogens (tertiary/aromatic N) is 3. The van der Waals surface area contributed by atoms with Crippen LogP contribution < -0.4 is 0 Å². The molecule has 0 aliphatic heterocycles. The molecule has 2 rings (SSSR count). The van der Waals surface area contributed by atoms with E-state index < -0.39 is 0 Å². The molecule has 0 amide bonds. The molecular formula is C14H13ClN3PtS2. The third kappa shape index (κ3) is 6.27. The first-order chi connectivity index (χ1) is 10.3. The number of hydrogen-bond acceptors (Lipinski definition) is 3. The molecule has 1 aromatic carbocycles. The Morgan fingerprint density at radius 3 is 2.43 bits per heavy atom. The Bertz CT molecular complexity index is 538. The van der Waals surface area contributed by atoms with Gasteiger partial charge in [0.1, 0.15) is 0 Å². The van der Waals surface area contributed by atoms with Gasteiger partial charge in [0.2, 0.25) is 0 Å². The van der Waals surface area contributed by atoms with Crippen molar-refractivity contribution in [1.29, 1.82) is 0 Å². The molecule has 0 saturated carbocycles. The minimum atomic E-state index is 0.615. The Hall–Kier alpha value is -0.742. The van der Waals surface area contributed by atoms with Gasteiger partial charge in [-0.3, -0.25) is 4.98 Å². The van der Waals surface area contributed by atoms with Crippen LogP contribution in [0, 0.1) is 0 Å². The van der Waals surface area contributed by atoms with Gasteiger partial charge in [-0.05, 0) is 18.4 Å². The van der Waals surface area contributed by atoms with E-state index in [0.29, 0.717) is 4.32 Å². The first-order valence-corrected chi connectivity index (χ1v) is 10.3. The molecule has 0 bridgehead atoms. The first-order valence-electron chi connectivity index (χ1n) is 5.78. The summed E-state index contributed by atoms with van der Waals surface area (Å²) in [6.45, 7) is 0. The molecule has 0 spiro atoms. The number of aromatic nitrogens is 1. The summed E-state index contributed by atoms with van der Waals surface area (Å²) in [5.74, 6) is 0. The summed E-state index contributed by atoms with van der Waals surface area (Å²) in [6.07, 6.45) is 3.65. The van der Waals surface area contributed by atoms with Gasteiger partial charge >= 0.3 is 28.2 Å². The summed E-state index contributed by atoms with van der Waals surface area (Å²) < 4.78 is 0.615. The van der Waals surface area contributed by atoms with Crippen molar-refractivity contribution >= 4 is 43.4 Å². The summed E-state index contributed by atoms with van der Waals surface area (Å²) >= 11 is 7.27. The Morgan fingerprint density at radius 1 is 1.19 bits per heavy atom. The van der Waals surface area contributed by atoms with Crippen molar-refractivity contribution in [1.82, 2.24) is 4.98 Å². The zero-order valence-corrected chi connectivity index (χ0v) is 15.8. The van der Waals surface area contributed by atoms with Crippen molar-refractivity contribution in [3.63, 3.8) is 0 Å². The Labute approximate surface area is 149 Å². The summed E-state index contributed by atoms with van der Waals surface area (Å²) in [7, 11) is 4.61. The Morgan fingerprint density at radius 2 is 1.86 bits per heavy atom. The monoisotopic (exact) mass is 517 g/mol. The first kappa shape index (κ1) is 18.3. The SMILES string of the molecule is CSC(=[SH+])[N-]N=C(c1ccccc1)c1ccccn1.[Cl][Pt]. The van der Waals surface area contributed by atoms with Gasteiger partial charge in [-0.2, -0.15) is 0 Å². The maximum atomic E-state index is 4.61. The topological polar surface area (TPSA) is 39.4 Å². The van der Waals surface area contributed by atoms with Crippen LogP contribution in [0.25, 0.3) is 5.43 Å². The number of halogens is 1. The summed E-state index contributed by atoms with van der Waals surface area (Å²) in [5, 5.41) is 4.28. The average molecular weight is 518 g/mol. The van der Waals surface area contributed by atoms with Gasteiger partial charge < -0.3 is 10.5 Å². The van der Waals surface area contributed by atoms with Crippen molar-refractivity contribution < 1.29 is 18.8 Å². The van der Waals surface area contributed by atoms with Gasteiger partial charge in [0.25, 0.3) is 0 Å². The van der Waals surface area contributed by atoms with Gasteiger partial charge in [0, 0.05) is 11.8 Å². The van der Waals surface area contributed by atoms with Crippen molar-refractivity contribution in [3.05, 3.63) is 71.4 Å². The van der Waals surface area contributed by atoms with Crippen LogP contribution in [-0.4, -0.2) is 21.3 Å². The number of thioether (sulfide) groups is 1. The van der Waals surface area contributed by atoms with Crippen LogP contribution in [-0.2, 0) is 31.0 Å². The number of benzene rings is 1. The maximum absolute atomic E-state index is 4.61. The molecule has 0 aliphatic carbocycles. The molecule has 0 saturated heterocycles. The van der Waals surface area contributed by atoms with Gasteiger partial charge in [0.15, 0.2) is 16.5 Å². The molecule has 0 aliphatic rings. The van der Waals surface area contributed by atoms with E-state index in [1.54, 1.807) is 25.0 Å². The fourth-order valence-electron chi connectivity index (χ4n) is 1.49. The summed E-state index contributed by atoms with van der Waals surface area (Å²) in [4.78, 5) is 4.33. The molecule has 0 N–H and O–H groups in total. The molecule has 3 nitrogen and oxygen atoms in total. The van der Waals surface area contributed by atoms with Gasteiger partial charge in [-0.15, -0.1) is 0 Å². The van der Waals surface area contributed by atoms with Crippen molar-refractivity contribution in [2.24, 2.45) is 5.10 Å². The molecule has 0 fully saturated rings. The van der Waals surface area contributed by atoms with E-state index >= 15 is 0 Å². The predicted octanol–water partition coefficient (Wildman–Crippen LogP) is 3.62. The normalized spacial score (nSPS) is 10.4. The van der Waals surface area contributed by atoms with E-state index in [-0.39, 0.29) is 0 Å². The van der Waals surface area contributed by atoms with Crippen LogP contribution in [0.15, 0.2) is 59.8 Å². The number of thiol groups is 1. The zero-order chi connectivity index (χ0) is 15.5. The number of hydrogen-bond donors (Lipinski definition) is 0. The standard InChI is InChI=1S/C14H13N3S2.ClH.Pt/c1-19-14(18)17-16-13(11-7-3-2-4-8-11)12-9-5-6-10-15-12;;/h2-10H,1H3,(H,15,17,18);1H;/q;;+1/p-1. The van der Waals surface area contributed by atoms with E-state index in [1.807, 2.05) is 54.8 Å². The third-order valence-electron chi connectivity index (χ3n) is 2.37. The van der Waals surface area contributed by atoms with Crippen molar-refractivity contribution in [2.75, 3.05) is 6.26 Å². The predicted molar refractivity (Wildman–Crippen MR) is 92.8 cm³/mol. The molecule has 7 heteroatoms. The Kier molecular flexibility index (Phi) is 9.51. The number of rotatable bonds is 3. The van der Waals surface area contributed by atoms with Gasteiger partial charge in [-0.25, -0.2) is 0 Å². The molecule has 0 atom stereocenters. The van der Waals surface area contributed by atoms with Crippen LogP contribution in [0.2, 0.25) is 0 Å². The molecule has 1 heterocycles. The molecule has 2 aromatic rings. The third-order valence-corrected chi connectivity index (χ3v) is 3.46. The minimum absolute atomic E-state index is 0.615. The quantitative estimate of drug-likeness (QED) is 0.205. The van der Waals surface area contributed by atoms with Crippen LogP contribution >= 0.6 is 21.2 Å². The van der Waals surface area contributed by atoms with Gasteiger partial charge in [-0.1, -0.05) is 48.2 Å². The van der Waals surface area contributed by atoms with Crippen LogP contribution in [0.4, 0.5) is 0 Å². The molecule has 0 radical (unpaired) electrons. The van der Waals surface area contributed by atoms with E-state index in [4.69, 9.17) is 0 Å². The van der Waals surface area contributed by atoms with Gasteiger partial charge in [0.05, 0.1) is 11.4 Å². The summed E-state index contributed by atoms with van der Waals surface area (Å²) in [5.41, 5.74) is 6.60. The van der Waals surface area contributed by atoms with Crippen molar-refractivity contribution in [3.8, 4) is 0 Å². The van der Waals surface area contributed by atoms with E-state index in [2.05, 4.69) is 37.1 Å². The van der Waals surface area contributed by atoms with Crippen LogP contribution in [0.5, 0.6) is 0 Å². The fourth-order valence-corrected chi connectivity index (χ4v) is 1.66. The second-order valence-corrected chi connectivity index (χ2v) is 5.14. The zero-order valence-electron chi connectivity index (χ0n) is 11.1. The molecule has 0 unspecified atom stereocenters. The molecule has 1 aromatic heterocycles. The van der Waals surface area contributed by atoms with E-state index in [0.717, 1.165) is 17.0 Å². The van der Waals surface area contributed by atoms with E-state index in [9.17, 15) is 0 Å². The van der Waals surface area contributed by atoms with Crippen LogP contribution in [0.1, 0.15) is 11.3 Å². The molecule has 113 valence electrons. The average Bonchev–Trinajstić information content (AvgIpc) is 2.58. The second-order valence-electron chi connectivity index (χ2n) is 3.62.